The minimum absolute atomic E-state index is 0.535. The normalized spacial score (nSPS) is 35.9. The number of hydrogen-bond donors (Lipinski definition) is 1. The molecular weight excluding hydrogens is 244 g/mol. The lowest BCUT2D eigenvalue weighted by atomic mass is 9.77. The summed E-state index contributed by atoms with van der Waals surface area (Å²) in [5, 5.41) is 3.71. The quantitative estimate of drug-likeness (QED) is 0.769. The minimum Gasteiger partial charge on any atom is -0.314 e. The summed E-state index contributed by atoms with van der Waals surface area (Å²) in [6.07, 6.45) is 16.1. The van der Waals surface area contributed by atoms with Gasteiger partial charge in [-0.3, -0.25) is 4.90 Å². The van der Waals surface area contributed by atoms with Crippen LogP contribution in [0.2, 0.25) is 0 Å². The Hall–Kier alpha value is -0.0800. The van der Waals surface area contributed by atoms with E-state index in [-0.39, 0.29) is 0 Å². The second-order valence-electron chi connectivity index (χ2n) is 7.59. The fourth-order valence-corrected chi connectivity index (χ4v) is 5.18. The van der Waals surface area contributed by atoms with E-state index in [1.807, 2.05) is 0 Å². The molecule has 3 fully saturated rings. The Balaban J connectivity index is 1.69. The van der Waals surface area contributed by atoms with Gasteiger partial charge in [-0.2, -0.15) is 0 Å². The summed E-state index contributed by atoms with van der Waals surface area (Å²) in [5.74, 6) is 1.02. The third-order valence-corrected chi connectivity index (χ3v) is 6.45. The molecule has 20 heavy (non-hydrogen) atoms. The van der Waals surface area contributed by atoms with Crippen LogP contribution in [0.25, 0.3) is 0 Å². The van der Waals surface area contributed by atoms with Crippen molar-refractivity contribution >= 4 is 0 Å². The van der Waals surface area contributed by atoms with Crippen LogP contribution in [0.1, 0.15) is 77.6 Å². The molecule has 2 aliphatic carbocycles. The van der Waals surface area contributed by atoms with Crippen LogP contribution in [0, 0.1) is 5.92 Å². The second kappa shape index (κ2) is 6.79. The van der Waals surface area contributed by atoms with Crippen LogP contribution < -0.4 is 5.32 Å². The summed E-state index contributed by atoms with van der Waals surface area (Å²) in [6, 6.07) is 0.895. The molecule has 0 amide bonds. The van der Waals surface area contributed by atoms with Crippen molar-refractivity contribution in [3.63, 3.8) is 0 Å². The molecule has 2 heteroatoms. The molecule has 1 aliphatic heterocycles. The van der Waals surface area contributed by atoms with E-state index in [1.165, 1.54) is 90.3 Å². The number of rotatable bonds is 2. The highest BCUT2D eigenvalue weighted by Crippen LogP contribution is 2.39. The molecule has 2 saturated carbocycles. The topological polar surface area (TPSA) is 15.3 Å². The van der Waals surface area contributed by atoms with Crippen molar-refractivity contribution in [3.05, 3.63) is 0 Å². The first kappa shape index (κ1) is 14.8. The van der Waals surface area contributed by atoms with E-state index in [0.717, 1.165) is 12.0 Å². The van der Waals surface area contributed by atoms with E-state index in [1.54, 1.807) is 0 Å². The summed E-state index contributed by atoms with van der Waals surface area (Å²) in [6.45, 7) is 6.18. The summed E-state index contributed by atoms with van der Waals surface area (Å²) in [4.78, 5) is 2.99. The van der Waals surface area contributed by atoms with Gasteiger partial charge in [0.05, 0.1) is 0 Å². The fourth-order valence-electron chi connectivity index (χ4n) is 5.18. The van der Waals surface area contributed by atoms with E-state index in [4.69, 9.17) is 0 Å². The lowest BCUT2D eigenvalue weighted by Crippen LogP contribution is -2.64. The van der Waals surface area contributed by atoms with Crippen molar-refractivity contribution in [2.75, 3.05) is 19.6 Å². The average molecular weight is 278 g/mol. The van der Waals surface area contributed by atoms with Gasteiger partial charge < -0.3 is 5.32 Å². The molecule has 3 aliphatic rings. The standard InChI is InChI=1S/C18H34N2/c1-2-16-7-6-8-17(10-9-16)20-14-13-19-15-18(20)11-4-3-5-12-18/h16-17,19H,2-15H2,1H3. The Morgan fingerprint density at radius 2 is 1.85 bits per heavy atom. The summed E-state index contributed by atoms with van der Waals surface area (Å²) in [7, 11) is 0. The molecule has 0 bridgehead atoms. The van der Waals surface area contributed by atoms with Gasteiger partial charge in [0, 0.05) is 31.2 Å². The number of nitrogens with one attached hydrogen (secondary N) is 1. The van der Waals surface area contributed by atoms with Crippen molar-refractivity contribution in [3.8, 4) is 0 Å². The van der Waals surface area contributed by atoms with Crippen molar-refractivity contribution in [2.24, 2.45) is 5.92 Å². The Kier molecular flexibility index (Phi) is 5.04. The van der Waals surface area contributed by atoms with Gasteiger partial charge in [-0.15, -0.1) is 0 Å². The zero-order valence-corrected chi connectivity index (χ0v) is 13.5. The molecular formula is C18H34N2. The lowest BCUT2D eigenvalue weighted by molar-refractivity contribution is -0.0123. The van der Waals surface area contributed by atoms with E-state index in [9.17, 15) is 0 Å². The Bertz CT molecular complexity index is 288. The van der Waals surface area contributed by atoms with E-state index in [0.29, 0.717) is 5.54 Å². The number of nitrogens with zero attached hydrogens (tertiary/aromatic N) is 1. The molecule has 0 aromatic carbocycles. The van der Waals surface area contributed by atoms with E-state index in [2.05, 4.69) is 17.1 Å². The van der Waals surface area contributed by atoms with Gasteiger partial charge in [0.1, 0.15) is 0 Å². The number of hydrogen-bond acceptors (Lipinski definition) is 2. The molecule has 1 saturated heterocycles. The Morgan fingerprint density at radius 3 is 2.65 bits per heavy atom. The Morgan fingerprint density at radius 1 is 1.00 bits per heavy atom. The first-order chi connectivity index (χ1) is 9.84. The average Bonchev–Trinajstić information content (AvgIpc) is 2.74. The summed E-state index contributed by atoms with van der Waals surface area (Å²) >= 11 is 0. The van der Waals surface area contributed by atoms with Crippen molar-refractivity contribution < 1.29 is 0 Å². The molecule has 0 aromatic heterocycles. The van der Waals surface area contributed by atoms with Crippen LogP contribution in [-0.2, 0) is 0 Å². The highest BCUT2D eigenvalue weighted by atomic mass is 15.3. The van der Waals surface area contributed by atoms with E-state index >= 15 is 0 Å². The first-order valence-corrected chi connectivity index (χ1v) is 9.31. The van der Waals surface area contributed by atoms with Crippen LogP contribution >= 0.6 is 0 Å². The van der Waals surface area contributed by atoms with Crippen molar-refractivity contribution in [1.29, 1.82) is 0 Å². The molecule has 1 N–H and O–H groups in total. The maximum atomic E-state index is 3.71. The lowest BCUT2D eigenvalue weighted by Gasteiger charge is -2.53. The SMILES string of the molecule is CCC1CCCC(N2CCNCC23CCCCC3)CC1. The third-order valence-electron chi connectivity index (χ3n) is 6.45. The highest BCUT2D eigenvalue weighted by Gasteiger charge is 2.42. The van der Waals surface area contributed by atoms with Gasteiger partial charge in [-0.25, -0.2) is 0 Å². The van der Waals surface area contributed by atoms with Crippen LogP contribution in [0.5, 0.6) is 0 Å². The smallest absolute Gasteiger partial charge is 0.0337 e. The van der Waals surface area contributed by atoms with Crippen molar-refractivity contribution in [2.45, 2.75) is 89.1 Å². The molecule has 3 rings (SSSR count). The predicted molar refractivity (Wildman–Crippen MR) is 86.0 cm³/mol. The zero-order chi connectivity index (χ0) is 13.8. The van der Waals surface area contributed by atoms with Gasteiger partial charge in [0.2, 0.25) is 0 Å². The highest BCUT2D eigenvalue weighted by molar-refractivity contribution is 5.00. The van der Waals surface area contributed by atoms with Crippen LogP contribution in [0.15, 0.2) is 0 Å². The molecule has 2 atom stereocenters. The number of piperazine rings is 1. The zero-order valence-electron chi connectivity index (χ0n) is 13.5. The first-order valence-electron chi connectivity index (χ1n) is 9.31. The Labute approximate surface area is 125 Å². The third kappa shape index (κ3) is 3.06. The summed E-state index contributed by atoms with van der Waals surface area (Å²) < 4.78 is 0. The second-order valence-corrected chi connectivity index (χ2v) is 7.59. The largest absolute Gasteiger partial charge is 0.314 e. The van der Waals surface area contributed by atoms with Crippen LogP contribution in [0.3, 0.4) is 0 Å². The molecule has 0 radical (unpaired) electrons. The van der Waals surface area contributed by atoms with Crippen LogP contribution in [-0.4, -0.2) is 36.1 Å². The van der Waals surface area contributed by atoms with Gasteiger partial charge in [-0.05, 0) is 38.0 Å². The molecule has 116 valence electrons. The molecule has 2 nitrogen and oxygen atoms in total. The van der Waals surface area contributed by atoms with Gasteiger partial charge in [0.25, 0.3) is 0 Å². The summed E-state index contributed by atoms with van der Waals surface area (Å²) in [5.41, 5.74) is 0.535. The fraction of sp³-hybridized carbons (Fsp3) is 1.00. The monoisotopic (exact) mass is 278 g/mol. The predicted octanol–water partition coefficient (Wildman–Crippen LogP) is 3.95. The molecule has 1 heterocycles. The van der Waals surface area contributed by atoms with Crippen LogP contribution in [0.4, 0.5) is 0 Å². The van der Waals surface area contributed by atoms with Gasteiger partial charge in [-0.1, -0.05) is 45.4 Å². The van der Waals surface area contributed by atoms with Gasteiger partial charge in [0.15, 0.2) is 0 Å². The maximum absolute atomic E-state index is 3.71. The molecule has 1 spiro atoms. The van der Waals surface area contributed by atoms with Gasteiger partial charge >= 0.3 is 0 Å². The molecule has 2 unspecified atom stereocenters. The maximum Gasteiger partial charge on any atom is 0.0337 e. The molecule has 0 aromatic rings. The van der Waals surface area contributed by atoms with E-state index < -0.39 is 0 Å². The minimum atomic E-state index is 0.535. The van der Waals surface area contributed by atoms with Crippen molar-refractivity contribution in [1.82, 2.24) is 10.2 Å².